The van der Waals surface area contributed by atoms with Crippen LogP contribution >= 0.6 is 11.3 Å². The summed E-state index contributed by atoms with van der Waals surface area (Å²) in [7, 11) is 0. The molecule has 28 heavy (non-hydrogen) atoms. The number of aromatic amines is 1. The van der Waals surface area contributed by atoms with E-state index in [9.17, 15) is 14.7 Å². The van der Waals surface area contributed by atoms with Gasteiger partial charge in [0.2, 0.25) is 0 Å². The van der Waals surface area contributed by atoms with Gasteiger partial charge >= 0.3 is 0 Å². The lowest BCUT2D eigenvalue weighted by atomic mass is 9.82. The highest BCUT2D eigenvalue weighted by molar-refractivity contribution is 7.10. The molecule has 0 radical (unpaired) electrons. The van der Waals surface area contributed by atoms with Crippen LogP contribution in [0.4, 0.5) is 0 Å². The number of aromatic nitrogens is 1. The van der Waals surface area contributed by atoms with Crippen LogP contribution in [0.15, 0.2) is 16.2 Å². The van der Waals surface area contributed by atoms with E-state index in [0.29, 0.717) is 11.1 Å². The highest BCUT2D eigenvalue weighted by Crippen LogP contribution is 2.38. The highest BCUT2D eigenvalue weighted by atomic mass is 32.1. The summed E-state index contributed by atoms with van der Waals surface area (Å²) in [6.07, 6.45) is 3.14. The number of rotatable bonds is 5. The number of aliphatic hydroxyl groups excluding tert-OH is 1. The van der Waals surface area contributed by atoms with E-state index in [-0.39, 0.29) is 30.0 Å². The molecule has 1 amide bonds. The van der Waals surface area contributed by atoms with Crippen molar-refractivity contribution in [3.05, 3.63) is 54.6 Å². The maximum absolute atomic E-state index is 12.7. The van der Waals surface area contributed by atoms with Gasteiger partial charge in [-0.25, -0.2) is 0 Å². The molecule has 1 aliphatic carbocycles. The quantitative estimate of drug-likeness (QED) is 0.615. The lowest BCUT2D eigenvalue weighted by Gasteiger charge is -2.29. The molecule has 1 saturated carbocycles. The molecule has 1 atom stereocenters. The summed E-state index contributed by atoms with van der Waals surface area (Å²) in [5.74, 6) is -0.0286. The van der Waals surface area contributed by atoms with E-state index >= 15 is 0 Å². The second-order valence-corrected chi connectivity index (χ2v) is 8.80. The first-order valence-corrected chi connectivity index (χ1v) is 10.6. The number of aliphatic hydroxyl groups is 1. The van der Waals surface area contributed by atoms with Crippen LogP contribution in [0.1, 0.15) is 69.4 Å². The zero-order valence-corrected chi connectivity index (χ0v) is 17.5. The Kier molecular flexibility index (Phi) is 6.37. The molecular formula is C21H29N3O3S. The number of carbonyl (C=O) groups excluding carboxylic acids is 1. The molecule has 3 rings (SSSR count). The van der Waals surface area contributed by atoms with Crippen LogP contribution in [0.25, 0.3) is 0 Å². The topological polar surface area (TPSA) is 108 Å². The van der Waals surface area contributed by atoms with Crippen molar-refractivity contribution in [3.63, 3.8) is 0 Å². The number of hydrogen-bond acceptors (Lipinski definition) is 5. The number of hydrogen-bond donors (Lipinski definition) is 4. The zero-order chi connectivity index (χ0) is 20.4. The van der Waals surface area contributed by atoms with Crippen molar-refractivity contribution >= 4 is 17.2 Å². The molecule has 5 N–H and O–H groups in total. The molecule has 0 saturated heterocycles. The lowest BCUT2D eigenvalue weighted by molar-refractivity contribution is 0.0837. The Morgan fingerprint density at radius 2 is 2.00 bits per heavy atom. The zero-order valence-electron chi connectivity index (χ0n) is 16.7. The molecule has 2 aromatic heterocycles. The Morgan fingerprint density at radius 1 is 1.32 bits per heavy atom. The molecule has 2 aromatic rings. The summed E-state index contributed by atoms with van der Waals surface area (Å²) in [5, 5.41) is 15.4. The third-order valence-electron chi connectivity index (χ3n) is 5.77. The number of carbonyl (C=O) groups is 1. The first-order chi connectivity index (χ1) is 13.3. The maximum atomic E-state index is 12.7. The molecule has 1 fully saturated rings. The van der Waals surface area contributed by atoms with Gasteiger partial charge in [-0.05, 0) is 69.6 Å². The summed E-state index contributed by atoms with van der Waals surface area (Å²) in [4.78, 5) is 28.4. The Balaban J connectivity index is 1.69. The van der Waals surface area contributed by atoms with E-state index in [1.165, 1.54) is 11.3 Å². The maximum Gasteiger partial charge on any atom is 0.253 e. The number of aryl methyl sites for hydroxylation is 2. The Morgan fingerprint density at radius 3 is 2.64 bits per heavy atom. The first-order valence-electron chi connectivity index (χ1n) is 9.77. The summed E-state index contributed by atoms with van der Waals surface area (Å²) in [5.41, 5.74) is 9.39. The van der Waals surface area contributed by atoms with Crippen LogP contribution in [-0.4, -0.2) is 22.0 Å². The average Bonchev–Trinajstić information content (AvgIpc) is 3.02. The number of pyridine rings is 1. The van der Waals surface area contributed by atoms with E-state index in [0.717, 1.165) is 47.4 Å². The third-order valence-corrected chi connectivity index (χ3v) is 6.93. The van der Waals surface area contributed by atoms with Crippen LogP contribution in [0.3, 0.4) is 0 Å². The van der Waals surface area contributed by atoms with Gasteiger partial charge in [-0.2, -0.15) is 0 Å². The van der Waals surface area contributed by atoms with Crippen molar-refractivity contribution in [1.29, 1.82) is 0 Å². The second-order valence-electron chi connectivity index (χ2n) is 7.88. The van der Waals surface area contributed by atoms with Crippen LogP contribution in [0, 0.1) is 26.7 Å². The minimum absolute atomic E-state index is 0.175. The molecule has 6 nitrogen and oxygen atoms in total. The fourth-order valence-electron chi connectivity index (χ4n) is 3.99. The molecule has 152 valence electrons. The normalized spacial score (nSPS) is 20.8. The fraction of sp³-hybridized carbons (Fsp3) is 0.524. The van der Waals surface area contributed by atoms with Gasteiger partial charge in [-0.3, -0.25) is 9.59 Å². The van der Waals surface area contributed by atoms with Gasteiger partial charge in [-0.15, -0.1) is 11.3 Å². The van der Waals surface area contributed by atoms with Gasteiger partial charge in [0.1, 0.15) is 0 Å². The van der Waals surface area contributed by atoms with Crippen LogP contribution < -0.4 is 16.6 Å². The number of H-pyrrole nitrogens is 1. The van der Waals surface area contributed by atoms with E-state index in [4.69, 9.17) is 5.73 Å². The van der Waals surface area contributed by atoms with Crippen molar-refractivity contribution in [1.82, 2.24) is 10.3 Å². The van der Waals surface area contributed by atoms with Gasteiger partial charge in [0, 0.05) is 34.1 Å². The second kappa shape index (κ2) is 8.59. The monoisotopic (exact) mass is 403 g/mol. The van der Waals surface area contributed by atoms with Crippen molar-refractivity contribution in [3.8, 4) is 0 Å². The molecule has 1 aliphatic rings. The molecule has 0 aliphatic heterocycles. The van der Waals surface area contributed by atoms with Crippen molar-refractivity contribution < 1.29 is 9.90 Å². The fourth-order valence-corrected chi connectivity index (χ4v) is 5.13. The standard InChI is InChI=1S/C21H29N3O3S/c1-11-8-12(2)24-21(27)16(11)9-23-20(26)17-10-28-19(13(17)3)18(25)14-4-6-15(22)7-5-14/h8,10,14-15,18,25H,4-7,9,22H2,1-3H3,(H,23,26)(H,24,27)/t14-,15-,18?. The smallest absolute Gasteiger partial charge is 0.253 e. The van der Waals surface area contributed by atoms with Crippen molar-refractivity contribution in [2.24, 2.45) is 11.7 Å². The van der Waals surface area contributed by atoms with Gasteiger partial charge < -0.3 is 21.1 Å². The van der Waals surface area contributed by atoms with Crippen LogP contribution in [0.2, 0.25) is 0 Å². The molecule has 0 aromatic carbocycles. The predicted molar refractivity (Wildman–Crippen MR) is 112 cm³/mol. The Hall–Kier alpha value is -1.96. The van der Waals surface area contributed by atoms with E-state index in [1.54, 1.807) is 5.38 Å². The number of nitrogens with two attached hydrogens (primary N) is 1. The van der Waals surface area contributed by atoms with E-state index in [1.807, 2.05) is 26.8 Å². The van der Waals surface area contributed by atoms with Crippen LogP contribution in [-0.2, 0) is 6.54 Å². The van der Waals surface area contributed by atoms with Crippen LogP contribution in [0.5, 0.6) is 0 Å². The highest BCUT2D eigenvalue weighted by Gasteiger charge is 2.29. The molecule has 0 bridgehead atoms. The summed E-state index contributed by atoms with van der Waals surface area (Å²) in [6.45, 7) is 5.75. The summed E-state index contributed by atoms with van der Waals surface area (Å²) in [6, 6.07) is 2.13. The Bertz CT molecular complexity index is 910. The molecular weight excluding hydrogens is 374 g/mol. The summed E-state index contributed by atoms with van der Waals surface area (Å²) >= 11 is 1.43. The van der Waals surface area contributed by atoms with Crippen molar-refractivity contribution in [2.45, 2.75) is 65.1 Å². The summed E-state index contributed by atoms with van der Waals surface area (Å²) < 4.78 is 0. The number of thiophene rings is 1. The minimum Gasteiger partial charge on any atom is -0.387 e. The molecule has 0 spiro atoms. The predicted octanol–water partition coefficient (Wildman–Crippen LogP) is 2.84. The lowest BCUT2D eigenvalue weighted by Crippen LogP contribution is -2.29. The molecule has 2 heterocycles. The number of amides is 1. The number of nitrogens with one attached hydrogen (secondary N) is 2. The Labute approximate surface area is 169 Å². The van der Waals surface area contributed by atoms with Gasteiger partial charge in [-0.1, -0.05) is 0 Å². The largest absolute Gasteiger partial charge is 0.387 e. The van der Waals surface area contributed by atoms with Gasteiger partial charge in [0.15, 0.2) is 0 Å². The SMILES string of the molecule is Cc1cc(C)c(CNC(=O)c2csc(C(O)[C@H]3CC[C@H](N)CC3)c2C)c(=O)[nH]1. The van der Waals surface area contributed by atoms with Gasteiger partial charge in [0.05, 0.1) is 11.7 Å². The molecule has 1 unspecified atom stereocenters. The third kappa shape index (κ3) is 4.37. The van der Waals surface area contributed by atoms with Gasteiger partial charge in [0.25, 0.3) is 11.5 Å². The van der Waals surface area contributed by atoms with Crippen molar-refractivity contribution in [2.75, 3.05) is 0 Å². The minimum atomic E-state index is -0.554. The van der Waals surface area contributed by atoms with E-state index in [2.05, 4.69) is 10.3 Å². The molecule has 7 heteroatoms. The average molecular weight is 404 g/mol. The first kappa shape index (κ1) is 20.8. The van der Waals surface area contributed by atoms with E-state index < -0.39 is 6.10 Å².